The highest BCUT2D eigenvalue weighted by atomic mass is 31.2. The van der Waals surface area contributed by atoms with Crippen LogP contribution in [0.3, 0.4) is 0 Å². The molecule has 0 aromatic rings. The van der Waals surface area contributed by atoms with Crippen molar-refractivity contribution in [3.63, 3.8) is 0 Å². The number of esters is 2. The summed E-state index contributed by atoms with van der Waals surface area (Å²) in [6, 6.07) is -1.52. The van der Waals surface area contributed by atoms with Crippen LogP contribution in [-0.4, -0.2) is 59.9 Å². The number of carbonyl (C=O) groups is 3. The summed E-state index contributed by atoms with van der Waals surface area (Å²) in [4.78, 5) is 45.5. The molecule has 270 valence electrons. The Morgan fingerprint density at radius 1 is 0.652 bits per heavy atom. The van der Waals surface area contributed by atoms with Gasteiger partial charge in [0, 0.05) is 12.8 Å². The third-order valence-corrected chi connectivity index (χ3v) is 8.46. The molecule has 0 rings (SSSR count). The van der Waals surface area contributed by atoms with Crippen molar-refractivity contribution >= 4 is 25.7 Å². The van der Waals surface area contributed by atoms with Gasteiger partial charge in [-0.15, -0.1) is 0 Å². The third-order valence-electron chi connectivity index (χ3n) is 7.51. The number of phosphoric acid groups is 1. The number of rotatable bonds is 33. The van der Waals surface area contributed by atoms with Gasteiger partial charge in [-0.25, -0.2) is 4.57 Å². The molecular weight excluding hydrogens is 613 g/mol. The first-order valence-corrected chi connectivity index (χ1v) is 19.2. The van der Waals surface area contributed by atoms with Gasteiger partial charge in [-0.05, 0) is 38.5 Å². The monoisotopic (exact) mass is 677 g/mol. The van der Waals surface area contributed by atoms with Crippen LogP contribution in [0.25, 0.3) is 0 Å². The van der Waals surface area contributed by atoms with Gasteiger partial charge in [0.25, 0.3) is 0 Å². The summed E-state index contributed by atoms with van der Waals surface area (Å²) >= 11 is 0. The summed E-state index contributed by atoms with van der Waals surface area (Å²) in [5.41, 5.74) is 5.30. The topological polar surface area (TPSA) is 172 Å². The van der Waals surface area contributed by atoms with E-state index in [1.807, 2.05) is 0 Å². The van der Waals surface area contributed by atoms with Crippen molar-refractivity contribution < 1.29 is 47.5 Å². The predicted octanol–water partition coefficient (Wildman–Crippen LogP) is 8.17. The Morgan fingerprint density at radius 3 is 1.61 bits per heavy atom. The van der Waals surface area contributed by atoms with Crippen LogP contribution in [0.1, 0.15) is 155 Å². The second kappa shape index (κ2) is 30.5. The van der Waals surface area contributed by atoms with Gasteiger partial charge in [-0.3, -0.25) is 23.4 Å². The zero-order valence-corrected chi connectivity index (χ0v) is 29.6. The van der Waals surface area contributed by atoms with E-state index < -0.39 is 51.1 Å². The highest BCUT2D eigenvalue weighted by molar-refractivity contribution is 7.47. The lowest BCUT2D eigenvalue weighted by molar-refractivity contribution is -0.161. The normalized spacial score (nSPS) is 14.2. The number of nitrogens with two attached hydrogens (primary N) is 1. The Morgan fingerprint density at radius 2 is 1.09 bits per heavy atom. The first-order chi connectivity index (χ1) is 22.1. The molecule has 0 spiro atoms. The second-order valence-corrected chi connectivity index (χ2v) is 13.5. The molecule has 1 unspecified atom stereocenters. The Bertz CT molecular complexity index is 854. The van der Waals surface area contributed by atoms with Gasteiger partial charge in [0.2, 0.25) is 0 Å². The highest BCUT2D eigenvalue weighted by Crippen LogP contribution is 2.43. The molecule has 0 saturated heterocycles. The zero-order chi connectivity index (χ0) is 34.3. The molecule has 11 nitrogen and oxygen atoms in total. The second-order valence-electron chi connectivity index (χ2n) is 12.0. The van der Waals surface area contributed by atoms with E-state index in [2.05, 4.69) is 30.5 Å². The van der Waals surface area contributed by atoms with Gasteiger partial charge in [0.1, 0.15) is 12.6 Å². The number of carbonyl (C=O) groups excluding carboxylic acids is 2. The van der Waals surface area contributed by atoms with E-state index in [1.165, 1.54) is 70.6 Å². The molecule has 0 aromatic heterocycles. The molecule has 0 aliphatic heterocycles. The minimum Gasteiger partial charge on any atom is -0.480 e. The molecule has 0 aromatic carbocycles. The van der Waals surface area contributed by atoms with Crippen LogP contribution in [0.15, 0.2) is 12.2 Å². The minimum atomic E-state index is -4.70. The molecule has 4 N–H and O–H groups in total. The molecule has 0 fully saturated rings. The summed E-state index contributed by atoms with van der Waals surface area (Å²) in [5.74, 6) is -2.40. The summed E-state index contributed by atoms with van der Waals surface area (Å²) in [6.07, 6.45) is 25.8. The number of hydrogen-bond donors (Lipinski definition) is 3. The molecule has 3 atom stereocenters. The van der Waals surface area contributed by atoms with Crippen LogP contribution in [0, 0.1) is 0 Å². The van der Waals surface area contributed by atoms with Gasteiger partial charge in [-0.1, -0.05) is 116 Å². The van der Waals surface area contributed by atoms with E-state index in [0.29, 0.717) is 12.8 Å². The quantitative estimate of drug-likeness (QED) is 0.0265. The maximum absolute atomic E-state index is 12.5. The molecule has 0 heterocycles. The number of aliphatic carboxylic acids is 1. The van der Waals surface area contributed by atoms with Gasteiger partial charge in [0.15, 0.2) is 6.10 Å². The van der Waals surface area contributed by atoms with E-state index in [-0.39, 0.29) is 19.4 Å². The van der Waals surface area contributed by atoms with Crippen molar-refractivity contribution in [3.05, 3.63) is 12.2 Å². The third kappa shape index (κ3) is 29.6. The van der Waals surface area contributed by atoms with Crippen molar-refractivity contribution in [2.75, 3.05) is 19.8 Å². The van der Waals surface area contributed by atoms with Crippen LogP contribution >= 0.6 is 7.82 Å². The Labute approximate surface area is 278 Å². The first kappa shape index (κ1) is 44.2. The fraction of sp³-hybridized carbons (Fsp3) is 0.853. The SMILES string of the molecule is CCCCCCCC/C=C/CCCCCC(=O)OC[C@H](COP(=O)(O)OC[C@H](N)C(=O)O)OC(=O)CCCCCCCCCCC. The minimum absolute atomic E-state index is 0.161. The van der Waals surface area contributed by atoms with Crippen molar-refractivity contribution in [1.82, 2.24) is 0 Å². The number of carboxylic acid groups (broad SMARTS) is 1. The van der Waals surface area contributed by atoms with Gasteiger partial charge >= 0.3 is 25.7 Å². The number of phosphoric ester groups is 1. The Kier molecular flexibility index (Phi) is 29.4. The van der Waals surface area contributed by atoms with Crippen LogP contribution in [0.2, 0.25) is 0 Å². The molecule has 0 bridgehead atoms. The van der Waals surface area contributed by atoms with Gasteiger partial charge in [0.05, 0.1) is 13.2 Å². The predicted molar refractivity (Wildman–Crippen MR) is 180 cm³/mol. The van der Waals surface area contributed by atoms with Crippen molar-refractivity contribution in [2.45, 2.75) is 167 Å². The van der Waals surface area contributed by atoms with E-state index >= 15 is 0 Å². The van der Waals surface area contributed by atoms with Crippen molar-refractivity contribution in [2.24, 2.45) is 5.73 Å². The Balaban J connectivity index is 4.48. The van der Waals surface area contributed by atoms with Crippen LogP contribution in [0.4, 0.5) is 0 Å². The average Bonchev–Trinajstić information content (AvgIpc) is 3.02. The fourth-order valence-electron chi connectivity index (χ4n) is 4.65. The standard InChI is InChI=1S/C34H64NO10P/c1-3-5-7-9-11-13-14-15-16-18-19-21-23-25-32(36)42-27-30(28-43-46(40,41)44-29-31(35)34(38)39)45-33(37)26-24-22-20-17-12-10-8-6-4-2/h15-16,30-31H,3-14,17-29,35H2,1-2H3,(H,38,39)(H,40,41)/b16-15+/t30-,31+/m1/s1. The molecule has 0 amide bonds. The summed E-state index contributed by atoms with van der Waals surface area (Å²) in [7, 11) is -4.70. The van der Waals surface area contributed by atoms with Crippen LogP contribution in [0.5, 0.6) is 0 Å². The summed E-state index contributed by atoms with van der Waals surface area (Å²) in [6.45, 7) is 2.72. The number of unbranched alkanes of at least 4 members (excludes halogenated alkanes) is 17. The Hall–Kier alpha value is -1.78. The largest absolute Gasteiger partial charge is 0.480 e. The van der Waals surface area contributed by atoms with Crippen LogP contribution < -0.4 is 5.73 Å². The number of ether oxygens (including phenoxy) is 2. The first-order valence-electron chi connectivity index (χ1n) is 17.7. The average molecular weight is 678 g/mol. The number of hydrogen-bond acceptors (Lipinski definition) is 9. The number of carboxylic acids is 1. The molecular formula is C34H64NO10P. The smallest absolute Gasteiger partial charge is 0.472 e. The van der Waals surface area contributed by atoms with E-state index in [4.69, 9.17) is 24.8 Å². The highest BCUT2D eigenvalue weighted by Gasteiger charge is 2.28. The maximum Gasteiger partial charge on any atom is 0.472 e. The zero-order valence-electron chi connectivity index (χ0n) is 28.7. The van der Waals surface area contributed by atoms with Crippen molar-refractivity contribution in [1.29, 1.82) is 0 Å². The number of allylic oxidation sites excluding steroid dienone is 2. The summed E-state index contributed by atoms with van der Waals surface area (Å²) < 4.78 is 32.4. The lowest BCUT2D eigenvalue weighted by Gasteiger charge is -2.20. The molecule has 0 aliphatic carbocycles. The molecule has 0 aliphatic rings. The van der Waals surface area contributed by atoms with E-state index in [9.17, 15) is 23.8 Å². The van der Waals surface area contributed by atoms with Gasteiger partial charge < -0.3 is 25.2 Å². The molecule has 12 heteroatoms. The van der Waals surface area contributed by atoms with E-state index in [1.54, 1.807) is 0 Å². The summed E-state index contributed by atoms with van der Waals surface area (Å²) in [5, 5.41) is 8.83. The molecule has 0 saturated carbocycles. The molecule has 0 radical (unpaired) electrons. The maximum atomic E-state index is 12.5. The molecule has 46 heavy (non-hydrogen) atoms. The van der Waals surface area contributed by atoms with Crippen molar-refractivity contribution in [3.8, 4) is 0 Å². The van der Waals surface area contributed by atoms with E-state index in [0.717, 1.165) is 44.9 Å². The lowest BCUT2D eigenvalue weighted by atomic mass is 10.1. The van der Waals surface area contributed by atoms with Crippen LogP contribution in [-0.2, 0) is 37.5 Å². The lowest BCUT2D eigenvalue weighted by Crippen LogP contribution is -2.34. The van der Waals surface area contributed by atoms with Gasteiger partial charge in [-0.2, -0.15) is 0 Å². The fourth-order valence-corrected chi connectivity index (χ4v) is 5.42.